The van der Waals surface area contributed by atoms with Crippen molar-refractivity contribution in [2.75, 3.05) is 6.54 Å². The van der Waals surface area contributed by atoms with E-state index in [0.717, 1.165) is 49.0 Å². The molecule has 154 valence electrons. The minimum absolute atomic E-state index is 0.0728. The molecule has 0 aliphatic heterocycles. The van der Waals surface area contributed by atoms with Crippen LogP contribution in [0.4, 0.5) is 0 Å². The van der Waals surface area contributed by atoms with Crippen LogP contribution in [0.1, 0.15) is 85.5 Å². The van der Waals surface area contributed by atoms with E-state index in [9.17, 15) is 5.11 Å². The van der Waals surface area contributed by atoms with Gasteiger partial charge in [0.25, 0.3) is 0 Å². The van der Waals surface area contributed by atoms with Crippen LogP contribution >= 0.6 is 0 Å². The molecule has 9 atom stereocenters. The molecule has 0 amide bonds. The Morgan fingerprint density at radius 2 is 1.81 bits per heavy atom. The van der Waals surface area contributed by atoms with E-state index >= 15 is 0 Å². The van der Waals surface area contributed by atoms with Gasteiger partial charge in [0.15, 0.2) is 0 Å². The molecule has 5 unspecified atom stereocenters. The van der Waals surface area contributed by atoms with Gasteiger partial charge in [0.1, 0.15) is 0 Å². The van der Waals surface area contributed by atoms with Crippen LogP contribution in [0.2, 0.25) is 0 Å². The average Bonchev–Trinajstić information content (AvgIpc) is 2.99. The molecule has 4 fully saturated rings. The van der Waals surface area contributed by atoms with Crippen LogP contribution in [0, 0.1) is 46.3 Å². The van der Waals surface area contributed by atoms with Crippen molar-refractivity contribution in [2.45, 2.75) is 91.6 Å². The molecule has 0 aromatic carbocycles. The fourth-order valence-electron chi connectivity index (χ4n) is 8.89. The molecule has 0 spiro atoms. The molecular weight excluding hydrogens is 330 g/mol. The second-order valence-electron chi connectivity index (χ2n) is 11.2. The Balaban J connectivity index is 1.64. The second-order valence-corrected chi connectivity index (χ2v) is 11.2. The van der Waals surface area contributed by atoms with Gasteiger partial charge in [-0.05, 0) is 118 Å². The molecule has 4 aliphatic carbocycles. The van der Waals surface area contributed by atoms with Crippen molar-refractivity contribution >= 4 is 0 Å². The van der Waals surface area contributed by atoms with Gasteiger partial charge in [-0.2, -0.15) is 0 Å². The van der Waals surface area contributed by atoms with Gasteiger partial charge in [0, 0.05) is 0 Å². The van der Waals surface area contributed by atoms with E-state index in [1.165, 1.54) is 44.9 Å². The smallest absolute Gasteiger partial charge is 0.0546 e. The third-order valence-electron chi connectivity index (χ3n) is 10.3. The Morgan fingerprint density at radius 3 is 2.52 bits per heavy atom. The summed E-state index contributed by atoms with van der Waals surface area (Å²) in [5.41, 5.74) is 8.56. The van der Waals surface area contributed by atoms with Gasteiger partial charge in [-0.3, -0.25) is 0 Å². The predicted octanol–water partition coefficient (Wildman–Crippen LogP) is 5.55. The molecule has 2 heteroatoms. The van der Waals surface area contributed by atoms with E-state index in [0.29, 0.717) is 16.7 Å². The van der Waals surface area contributed by atoms with Crippen molar-refractivity contribution in [3.05, 3.63) is 11.6 Å². The van der Waals surface area contributed by atoms with Crippen LogP contribution in [0.3, 0.4) is 0 Å². The summed E-state index contributed by atoms with van der Waals surface area (Å²) >= 11 is 0. The third kappa shape index (κ3) is 2.96. The second kappa shape index (κ2) is 7.17. The Bertz CT molecular complexity index is 585. The molecule has 3 N–H and O–H groups in total. The lowest BCUT2D eigenvalue weighted by Gasteiger charge is -2.62. The Kier molecular flexibility index (Phi) is 5.30. The first-order chi connectivity index (χ1) is 12.8. The molecule has 0 saturated heterocycles. The average molecular weight is 374 g/mol. The molecule has 0 aromatic rings. The summed E-state index contributed by atoms with van der Waals surface area (Å²) in [7, 11) is 0. The normalized spacial score (nSPS) is 52.1. The van der Waals surface area contributed by atoms with E-state index in [-0.39, 0.29) is 6.10 Å². The van der Waals surface area contributed by atoms with E-state index in [1.807, 2.05) is 0 Å². The summed E-state index contributed by atoms with van der Waals surface area (Å²) in [5, 5.41) is 10.4. The van der Waals surface area contributed by atoms with Crippen molar-refractivity contribution in [3.63, 3.8) is 0 Å². The summed E-state index contributed by atoms with van der Waals surface area (Å²) in [6.07, 6.45) is 13.8. The highest BCUT2D eigenvalue weighted by Gasteiger charge is 2.61. The molecule has 0 heterocycles. The first-order valence-corrected chi connectivity index (χ1v) is 11.9. The summed E-state index contributed by atoms with van der Waals surface area (Å²) in [6, 6.07) is 0. The lowest BCUT2D eigenvalue weighted by molar-refractivity contribution is -0.109. The van der Waals surface area contributed by atoms with Crippen LogP contribution in [0.25, 0.3) is 0 Å². The molecule has 0 aromatic heterocycles. The van der Waals surface area contributed by atoms with Gasteiger partial charge in [-0.1, -0.05) is 32.4 Å². The maximum absolute atomic E-state index is 10.4. The molecule has 0 bridgehead atoms. The summed E-state index contributed by atoms with van der Waals surface area (Å²) in [6.45, 7) is 10.8. The SMILES string of the molecule is C/C=C1/CC2C(CC[C@@]3(C)C2CCC3[C@H](C)CCN)[C@@]2(C)CC[C@@H](O)CC12. The highest BCUT2D eigenvalue weighted by Crippen LogP contribution is 2.69. The van der Waals surface area contributed by atoms with Gasteiger partial charge in [0.2, 0.25) is 0 Å². The number of fused-ring (bicyclic) bond motifs is 5. The minimum atomic E-state index is -0.0728. The lowest BCUT2D eigenvalue weighted by Crippen LogP contribution is -2.55. The topological polar surface area (TPSA) is 46.2 Å². The number of rotatable bonds is 3. The van der Waals surface area contributed by atoms with Gasteiger partial charge in [-0.25, -0.2) is 0 Å². The molecule has 4 aliphatic rings. The van der Waals surface area contributed by atoms with Crippen LogP contribution in [-0.4, -0.2) is 17.8 Å². The van der Waals surface area contributed by atoms with E-state index in [1.54, 1.807) is 5.57 Å². The highest BCUT2D eigenvalue weighted by molar-refractivity contribution is 5.22. The highest BCUT2D eigenvalue weighted by atomic mass is 16.3. The molecule has 27 heavy (non-hydrogen) atoms. The van der Waals surface area contributed by atoms with E-state index < -0.39 is 0 Å². The minimum Gasteiger partial charge on any atom is -0.393 e. The van der Waals surface area contributed by atoms with Crippen LogP contribution in [-0.2, 0) is 0 Å². The molecule has 0 radical (unpaired) electrons. The van der Waals surface area contributed by atoms with Crippen molar-refractivity contribution < 1.29 is 5.11 Å². The zero-order valence-electron chi connectivity index (χ0n) is 18.2. The van der Waals surface area contributed by atoms with Crippen molar-refractivity contribution in [1.29, 1.82) is 0 Å². The number of hydrogen-bond acceptors (Lipinski definition) is 2. The summed E-state index contributed by atoms with van der Waals surface area (Å²) < 4.78 is 0. The van der Waals surface area contributed by atoms with Gasteiger partial charge in [0.05, 0.1) is 6.10 Å². The number of hydrogen-bond donors (Lipinski definition) is 2. The first-order valence-electron chi connectivity index (χ1n) is 11.9. The fraction of sp³-hybridized carbons (Fsp3) is 0.920. The molecule has 4 rings (SSSR count). The molecule has 4 saturated carbocycles. The van der Waals surface area contributed by atoms with Crippen LogP contribution in [0.5, 0.6) is 0 Å². The summed E-state index contributed by atoms with van der Waals surface area (Å²) in [4.78, 5) is 0. The zero-order chi connectivity index (χ0) is 19.4. The van der Waals surface area contributed by atoms with Crippen LogP contribution in [0.15, 0.2) is 11.6 Å². The number of aliphatic hydroxyl groups excluding tert-OH is 1. The molecule has 2 nitrogen and oxygen atoms in total. The van der Waals surface area contributed by atoms with Gasteiger partial charge < -0.3 is 10.8 Å². The quantitative estimate of drug-likeness (QED) is 0.637. The predicted molar refractivity (Wildman–Crippen MR) is 113 cm³/mol. The Morgan fingerprint density at radius 1 is 1.11 bits per heavy atom. The molecular formula is C25H43NO. The van der Waals surface area contributed by atoms with Gasteiger partial charge in [-0.15, -0.1) is 0 Å². The lowest BCUT2D eigenvalue weighted by atomic mass is 9.43. The summed E-state index contributed by atoms with van der Waals surface area (Å²) in [5.74, 6) is 4.94. The van der Waals surface area contributed by atoms with E-state index in [2.05, 4.69) is 33.8 Å². The number of allylic oxidation sites excluding steroid dienone is 2. The maximum Gasteiger partial charge on any atom is 0.0546 e. The van der Waals surface area contributed by atoms with Crippen molar-refractivity contribution in [3.8, 4) is 0 Å². The monoisotopic (exact) mass is 373 g/mol. The first kappa shape index (κ1) is 20.0. The van der Waals surface area contributed by atoms with Gasteiger partial charge >= 0.3 is 0 Å². The maximum atomic E-state index is 10.4. The number of aliphatic hydroxyl groups is 1. The van der Waals surface area contributed by atoms with Crippen molar-refractivity contribution in [1.82, 2.24) is 0 Å². The Hall–Kier alpha value is -0.340. The number of nitrogens with two attached hydrogens (primary N) is 1. The van der Waals surface area contributed by atoms with Crippen LogP contribution < -0.4 is 5.73 Å². The standard InChI is InChI=1S/C25H43NO/c1-5-17-14-19-21-7-6-20(16(2)10-13-26)24(21,3)12-9-22(19)25(4)11-8-18(27)15-23(17)25/h5,16,18-23,27H,6-15,26H2,1-4H3/b17-5-/t16-,18-,19?,20?,21?,22?,23?,24-,25-/m1/s1. The van der Waals surface area contributed by atoms with E-state index in [4.69, 9.17) is 5.73 Å². The Labute approximate surface area is 167 Å². The third-order valence-corrected chi connectivity index (χ3v) is 10.3. The fourth-order valence-corrected chi connectivity index (χ4v) is 8.89. The largest absolute Gasteiger partial charge is 0.393 e. The zero-order valence-corrected chi connectivity index (χ0v) is 18.2. The van der Waals surface area contributed by atoms with Crippen molar-refractivity contribution in [2.24, 2.45) is 52.1 Å².